The fourth-order valence-corrected chi connectivity index (χ4v) is 2.86. The molecule has 0 spiro atoms. The molecule has 0 saturated heterocycles. The van der Waals surface area contributed by atoms with Crippen molar-refractivity contribution >= 4 is 11.6 Å². The zero-order chi connectivity index (χ0) is 15.0. The third-order valence-corrected chi connectivity index (χ3v) is 4.04. The number of nitrogens with one attached hydrogen (secondary N) is 1. The molecule has 0 aliphatic carbocycles. The first kappa shape index (κ1) is 14.3. The van der Waals surface area contributed by atoms with Gasteiger partial charge in [-0.1, -0.05) is 29.8 Å². The fourth-order valence-electron chi connectivity index (χ4n) is 2.67. The molecule has 0 saturated carbocycles. The third-order valence-electron chi connectivity index (χ3n) is 3.75. The fraction of sp³-hybridized carbons (Fsp3) is 0.250. The van der Waals surface area contributed by atoms with Crippen LogP contribution in [0, 0.1) is 11.6 Å². The lowest BCUT2D eigenvalue weighted by Crippen LogP contribution is -2.27. The maximum atomic E-state index is 14.2. The molecular formula is C16H14ClF2NO. The normalized spacial score (nSPS) is 20.8. The summed E-state index contributed by atoms with van der Waals surface area (Å²) in [6.45, 7) is 0. The Kier molecular flexibility index (Phi) is 3.83. The topological polar surface area (TPSA) is 21.3 Å². The number of benzene rings is 2. The molecule has 2 aromatic rings. The monoisotopic (exact) mass is 309 g/mol. The van der Waals surface area contributed by atoms with Crippen molar-refractivity contribution in [2.45, 2.75) is 18.6 Å². The van der Waals surface area contributed by atoms with E-state index in [1.54, 1.807) is 18.2 Å². The second-order valence-corrected chi connectivity index (χ2v) is 5.42. The van der Waals surface area contributed by atoms with E-state index in [1.165, 1.54) is 18.2 Å². The molecule has 2 unspecified atom stereocenters. The van der Waals surface area contributed by atoms with E-state index in [4.69, 9.17) is 16.3 Å². The summed E-state index contributed by atoms with van der Waals surface area (Å²) in [5.41, 5.74) is 1.26. The summed E-state index contributed by atoms with van der Waals surface area (Å²) < 4.78 is 33.4. The minimum Gasteiger partial charge on any atom is -0.485 e. The van der Waals surface area contributed by atoms with Crippen molar-refractivity contribution in [2.75, 3.05) is 7.05 Å². The summed E-state index contributed by atoms with van der Waals surface area (Å²) in [7, 11) is 1.81. The first-order valence-corrected chi connectivity index (χ1v) is 7.05. The maximum Gasteiger partial charge on any atom is 0.148 e. The van der Waals surface area contributed by atoms with Gasteiger partial charge < -0.3 is 10.1 Å². The third kappa shape index (κ3) is 2.61. The van der Waals surface area contributed by atoms with Crippen LogP contribution in [0.3, 0.4) is 0 Å². The summed E-state index contributed by atoms with van der Waals surface area (Å²) >= 11 is 5.82. The van der Waals surface area contributed by atoms with Crippen molar-refractivity contribution in [3.63, 3.8) is 0 Å². The van der Waals surface area contributed by atoms with E-state index >= 15 is 0 Å². The number of hydrogen-bond acceptors (Lipinski definition) is 2. The molecule has 5 heteroatoms. The Morgan fingerprint density at radius 1 is 1.19 bits per heavy atom. The summed E-state index contributed by atoms with van der Waals surface area (Å²) in [6, 6.07) is 9.20. The molecule has 1 heterocycles. The molecule has 0 fully saturated rings. The van der Waals surface area contributed by atoms with Gasteiger partial charge in [-0.25, -0.2) is 8.78 Å². The number of rotatable bonds is 2. The highest BCUT2D eigenvalue weighted by Gasteiger charge is 2.30. The van der Waals surface area contributed by atoms with Gasteiger partial charge in [-0.15, -0.1) is 0 Å². The van der Waals surface area contributed by atoms with E-state index < -0.39 is 11.9 Å². The van der Waals surface area contributed by atoms with Crippen LogP contribution in [0.4, 0.5) is 8.78 Å². The molecule has 0 radical (unpaired) electrons. The standard InChI is InChI=1S/C16H14ClF2NO/c1-20-13-8-15(11-3-2-4-12(17)16(11)19)21-14-7-9(18)5-6-10(13)14/h2-7,13,15,20H,8H2,1H3. The van der Waals surface area contributed by atoms with Crippen molar-refractivity contribution in [3.8, 4) is 5.75 Å². The molecule has 0 aromatic heterocycles. The summed E-state index contributed by atoms with van der Waals surface area (Å²) in [5, 5.41) is 3.21. The van der Waals surface area contributed by atoms with E-state index in [9.17, 15) is 8.78 Å². The number of ether oxygens (including phenoxy) is 1. The smallest absolute Gasteiger partial charge is 0.148 e. The minimum atomic E-state index is -0.504. The molecule has 21 heavy (non-hydrogen) atoms. The van der Waals surface area contributed by atoms with Crippen LogP contribution in [0.1, 0.15) is 29.7 Å². The second kappa shape index (κ2) is 5.62. The van der Waals surface area contributed by atoms with Gasteiger partial charge >= 0.3 is 0 Å². The van der Waals surface area contributed by atoms with Crippen LogP contribution in [-0.4, -0.2) is 7.05 Å². The Balaban J connectivity index is 2.02. The zero-order valence-electron chi connectivity index (χ0n) is 11.4. The molecule has 3 rings (SSSR count). The highest BCUT2D eigenvalue weighted by atomic mass is 35.5. The van der Waals surface area contributed by atoms with Crippen LogP contribution in [0.25, 0.3) is 0 Å². The Bertz CT molecular complexity index is 677. The summed E-state index contributed by atoms with van der Waals surface area (Å²) in [6.07, 6.45) is 0.0438. The lowest BCUT2D eigenvalue weighted by atomic mass is 9.93. The second-order valence-electron chi connectivity index (χ2n) is 5.01. The molecule has 1 N–H and O–H groups in total. The summed E-state index contributed by atoms with van der Waals surface area (Å²) in [5.74, 6) is -0.431. The predicted molar refractivity (Wildman–Crippen MR) is 77.6 cm³/mol. The van der Waals surface area contributed by atoms with Gasteiger partial charge in [-0.05, 0) is 19.2 Å². The van der Waals surface area contributed by atoms with Crippen molar-refractivity contribution in [1.29, 1.82) is 0 Å². The van der Waals surface area contributed by atoms with Gasteiger partial charge in [0.25, 0.3) is 0 Å². The van der Waals surface area contributed by atoms with E-state index in [-0.39, 0.29) is 16.9 Å². The van der Waals surface area contributed by atoms with Gasteiger partial charge in [0, 0.05) is 29.7 Å². The average Bonchev–Trinajstić information content (AvgIpc) is 2.48. The average molecular weight is 310 g/mol. The van der Waals surface area contributed by atoms with E-state index in [0.29, 0.717) is 17.7 Å². The van der Waals surface area contributed by atoms with Gasteiger partial charge in [0.1, 0.15) is 23.5 Å². The lowest BCUT2D eigenvalue weighted by molar-refractivity contribution is 0.149. The summed E-state index contributed by atoms with van der Waals surface area (Å²) in [4.78, 5) is 0. The number of fused-ring (bicyclic) bond motifs is 1. The molecule has 2 atom stereocenters. The molecule has 110 valence electrons. The van der Waals surface area contributed by atoms with Gasteiger partial charge in [-0.3, -0.25) is 0 Å². The van der Waals surface area contributed by atoms with Crippen LogP contribution in [-0.2, 0) is 0 Å². The van der Waals surface area contributed by atoms with Crippen molar-refractivity contribution in [2.24, 2.45) is 0 Å². The van der Waals surface area contributed by atoms with Crippen molar-refractivity contribution in [3.05, 3.63) is 64.2 Å². The van der Waals surface area contributed by atoms with Crippen molar-refractivity contribution < 1.29 is 13.5 Å². The van der Waals surface area contributed by atoms with Gasteiger partial charge in [0.2, 0.25) is 0 Å². The Labute approximate surface area is 126 Å². The number of halogens is 3. The molecule has 0 bridgehead atoms. The van der Waals surface area contributed by atoms with E-state index in [1.807, 2.05) is 7.05 Å². The highest BCUT2D eigenvalue weighted by Crippen LogP contribution is 2.42. The Hall–Kier alpha value is -1.65. The van der Waals surface area contributed by atoms with Gasteiger partial charge in [-0.2, -0.15) is 0 Å². The predicted octanol–water partition coefficient (Wildman–Crippen LogP) is 4.40. The minimum absolute atomic E-state index is 0.0299. The first-order chi connectivity index (χ1) is 10.1. The maximum absolute atomic E-state index is 14.2. The molecule has 2 aromatic carbocycles. The van der Waals surface area contributed by atoms with Crippen LogP contribution in [0.5, 0.6) is 5.75 Å². The van der Waals surface area contributed by atoms with Crippen LogP contribution >= 0.6 is 11.6 Å². The van der Waals surface area contributed by atoms with Gasteiger partial charge in [0.15, 0.2) is 0 Å². The molecule has 1 aliphatic heterocycles. The highest BCUT2D eigenvalue weighted by molar-refractivity contribution is 6.30. The largest absolute Gasteiger partial charge is 0.485 e. The van der Waals surface area contributed by atoms with Crippen LogP contribution < -0.4 is 10.1 Å². The number of hydrogen-bond donors (Lipinski definition) is 1. The lowest BCUT2D eigenvalue weighted by Gasteiger charge is -2.32. The van der Waals surface area contributed by atoms with E-state index in [2.05, 4.69) is 5.32 Å². The zero-order valence-corrected chi connectivity index (χ0v) is 12.1. The Morgan fingerprint density at radius 3 is 2.76 bits per heavy atom. The molecule has 2 nitrogen and oxygen atoms in total. The van der Waals surface area contributed by atoms with Gasteiger partial charge in [0.05, 0.1) is 5.02 Å². The first-order valence-electron chi connectivity index (χ1n) is 6.67. The van der Waals surface area contributed by atoms with E-state index in [0.717, 1.165) is 5.56 Å². The van der Waals surface area contributed by atoms with Crippen LogP contribution in [0.15, 0.2) is 36.4 Å². The molecule has 1 aliphatic rings. The van der Waals surface area contributed by atoms with Crippen LogP contribution in [0.2, 0.25) is 5.02 Å². The quantitative estimate of drug-likeness (QED) is 0.887. The van der Waals surface area contributed by atoms with Crippen molar-refractivity contribution in [1.82, 2.24) is 5.32 Å². The molecule has 0 amide bonds. The molecular weight excluding hydrogens is 296 g/mol. The SMILES string of the molecule is CNC1CC(c2cccc(Cl)c2F)Oc2cc(F)ccc21. The Morgan fingerprint density at radius 2 is 2.00 bits per heavy atom.